The van der Waals surface area contributed by atoms with Gasteiger partial charge in [0.15, 0.2) is 0 Å². The monoisotopic (exact) mass is 437 g/mol. The van der Waals surface area contributed by atoms with Gasteiger partial charge in [0.25, 0.3) is 0 Å². The van der Waals surface area contributed by atoms with Crippen LogP contribution in [0.2, 0.25) is 13.1 Å². The van der Waals surface area contributed by atoms with E-state index in [1.54, 1.807) is 0 Å². The molecule has 0 spiro atoms. The molecule has 0 saturated carbocycles. The molecule has 0 fully saturated rings. The molecule has 0 unspecified atom stereocenters. The summed E-state index contributed by atoms with van der Waals surface area (Å²) < 4.78 is 3.70. The van der Waals surface area contributed by atoms with E-state index in [9.17, 15) is 0 Å². The second kappa shape index (κ2) is 8.18. The third kappa shape index (κ3) is 4.04. The van der Waals surface area contributed by atoms with Crippen molar-refractivity contribution < 1.29 is 54.9 Å². The summed E-state index contributed by atoms with van der Waals surface area (Å²) in [4.78, 5) is 0. The fourth-order valence-corrected chi connectivity index (χ4v) is 21.2. The van der Waals surface area contributed by atoms with Gasteiger partial charge in [-0.15, -0.1) is 0 Å². The molecule has 0 aromatic carbocycles. The van der Waals surface area contributed by atoms with Crippen molar-refractivity contribution in [3.05, 3.63) is 43.0 Å². The Morgan fingerprint density at radius 3 is 1.62 bits per heavy atom. The molecule has 0 N–H and O–H groups in total. The first-order valence-corrected chi connectivity index (χ1v) is 15.0. The first-order chi connectivity index (χ1) is 6.79. The van der Waals surface area contributed by atoms with Crippen LogP contribution in [0.4, 0.5) is 0 Å². The largest absolute Gasteiger partial charge is 1.00 e. The maximum atomic E-state index is 2.55. The van der Waals surface area contributed by atoms with Crippen molar-refractivity contribution in [2.24, 2.45) is 0 Å². The standard InChI is InChI=1S/2C5H5.C2H7Si.2BrH.Zr/c2*1-2-4-5-3-1;1-3-2;;;/h2*1-3H,4H2;3H,1-2H3;2*1H;/q;;;;;+2/p-2. The van der Waals surface area contributed by atoms with E-state index in [0.717, 1.165) is 0 Å². The molecule has 0 aromatic heterocycles. The SMILES string of the molecule is C[SiH](C)[Zr+2]([C]1=CC=CC1)[C]1=CC=CC1.[Br-].[Br-]. The molecule has 0 heterocycles. The van der Waals surface area contributed by atoms with Crippen LogP contribution in [0.15, 0.2) is 43.0 Å². The fourth-order valence-electron chi connectivity index (χ4n) is 2.24. The summed E-state index contributed by atoms with van der Waals surface area (Å²) in [7, 11) is 0. The van der Waals surface area contributed by atoms with E-state index in [4.69, 9.17) is 0 Å². The van der Waals surface area contributed by atoms with Crippen molar-refractivity contribution in [3.8, 4) is 0 Å². The summed E-state index contributed by atoms with van der Waals surface area (Å²) in [5, 5.41) is 0. The van der Waals surface area contributed by atoms with Crippen molar-refractivity contribution >= 4 is 5.92 Å². The second-order valence-electron chi connectivity index (χ2n) is 4.22. The maximum absolute atomic E-state index is 2.55. The van der Waals surface area contributed by atoms with Crippen molar-refractivity contribution in [2.75, 3.05) is 0 Å². The van der Waals surface area contributed by atoms with E-state index in [0.29, 0.717) is 0 Å². The van der Waals surface area contributed by atoms with Crippen molar-refractivity contribution in [1.82, 2.24) is 0 Å². The van der Waals surface area contributed by atoms with Crippen LogP contribution in [-0.4, -0.2) is 5.92 Å². The zero-order chi connectivity index (χ0) is 9.97. The van der Waals surface area contributed by atoms with Crippen LogP contribution < -0.4 is 34.0 Å². The minimum Gasteiger partial charge on any atom is -1.00 e. The normalized spacial score (nSPS) is 16.7. The predicted molar refractivity (Wildman–Crippen MR) is 62.6 cm³/mol. The first-order valence-electron chi connectivity index (χ1n) is 5.38. The van der Waals surface area contributed by atoms with Gasteiger partial charge in [-0.1, -0.05) is 0 Å². The van der Waals surface area contributed by atoms with Gasteiger partial charge in [0.1, 0.15) is 0 Å². The Morgan fingerprint density at radius 2 is 1.38 bits per heavy atom. The van der Waals surface area contributed by atoms with Crippen LogP contribution in [0, 0.1) is 0 Å². The zero-order valence-corrected chi connectivity index (χ0v) is 16.5. The number of hydrogen-bond donors (Lipinski definition) is 0. The third-order valence-electron chi connectivity index (χ3n) is 2.81. The van der Waals surface area contributed by atoms with Gasteiger partial charge in [0.05, 0.1) is 0 Å². The first kappa shape index (κ1) is 17.0. The van der Waals surface area contributed by atoms with Crippen LogP contribution in [0.5, 0.6) is 0 Å². The maximum Gasteiger partial charge on any atom is -1.00 e. The quantitative estimate of drug-likeness (QED) is 0.419. The average Bonchev–Trinajstić information content (AvgIpc) is 2.75. The Kier molecular flexibility index (Phi) is 8.70. The fraction of sp³-hybridized carbons (Fsp3) is 0.333. The van der Waals surface area contributed by atoms with E-state index in [2.05, 4.69) is 49.6 Å². The van der Waals surface area contributed by atoms with E-state index >= 15 is 0 Å². The molecule has 2 aliphatic carbocycles. The van der Waals surface area contributed by atoms with Crippen LogP contribution in [0.25, 0.3) is 0 Å². The molecule has 0 radical (unpaired) electrons. The Balaban J connectivity index is 0.00000112. The van der Waals surface area contributed by atoms with Crippen LogP contribution >= 0.6 is 0 Å². The van der Waals surface area contributed by atoms with E-state index < -0.39 is 26.8 Å². The molecule has 0 aliphatic heterocycles. The minimum atomic E-state index is -1.29. The van der Waals surface area contributed by atoms with Crippen molar-refractivity contribution in [2.45, 2.75) is 25.9 Å². The molecule has 87 valence electrons. The number of rotatable bonds is 3. The summed E-state index contributed by atoms with van der Waals surface area (Å²) in [6.07, 6.45) is 16.6. The van der Waals surface area contributed by atoms with Crippen molar-refractivity contribution in [3.63, 3.8) is 0 Å². The van der Waals surface area contributed by atoms with E-state index in [1.807, 2.05) is 6.56 Å². The number of halogens is 2. The second-order valence-corrected chi connectivity index (χ2v) is 23.6. The molecule has 0 nitrogen and oxygen atoms in total. The van der Waals surface area contributed by atoms with Crippen molar-refractivity contribution in [1.29, 1.82) is 0 Å². The van der Waals surface area contributed by atoms with Gasteiger partial charge < -0.3 is 34.0 Å². The third-order valence-corrected chi connectivity index (χ3v) is 22.1. The molecule has 0 bridgehead atoms. The molecular weight excluding hydrogens is 423 g/mol. The summed E-state index contributed by atoms with van der Waals surface area (Å²) in [6, 6.07) is 0. The molecule has 16 heavy (non-hydrogen) atoms. The summed E-state index contributed by atoms with van der Waals surface area (Å²) in [5.74, 6) is -0.412. The number of allylic oxidation sites excluding steroid dienone is 8. The van der Waals surface area contributed by atoms with Gasteiger partial charge in [-0.2, -0.15) is 0 Å². The molecule has 2 rings (SSSR count). The summed E-state index contributed by atoms with van der Waals surface area (Å²) in [5.41, 5.74) is 0. The molecule has 4 heteroatoms. The van der Waals surface area contributed by atoms with Gasteiger partial charge in [-0.3, -0.25) is 0 Å². The Bertz CT molecular complexity index is 313. The van der Waals surface area contributed by atoms with Gasteiger partial charge in [0.2, 0.25) is 0 Å². The molecule has 2 aliphatic rings. The van der Waals surface area contributed by atoms with E-state index in [1.165, 1.54) is 12.8 Å². The molecular formula is C12H17Br2SiZr. The molecule has 0 atom stereocenters. The van der Waals surface area contributed by atoms with Gasteiger partial charge >= 0.3 is 95.8 Å². The Hall–Kier alpha value is 1.02. The minimum absolute atomic E-state index is 0. The average molecular weight is 440 g/mol. The molecule has 0 aromatic rings. The van der Waals surface area contributed by atoms with Crippen LogP contribution in [-0.2, 0) is 20.9 Å². The van der Waals surface area contributed by atoms with Gasteiger partial charge in [0, 0.05) is 0 Å². The van der Waals surface area contributed by atoms with Gasteiger partial charge in [-0.25, -0.2) is 0 Å². The summed E-state index contributed by atoms with van der Waals surface area (Å²) >= 11 is -1.29. The van der Waals surface area contributed by atoms with E-state index in [-0.39, 0.29) is 34.0 Å². The molecule has 0 amide bonds. The zero-order valence-electron chi connectivity index (χ0n) is 9.71. The molecule has 0 saturated heterocycles. The van der Waals surface area contributed by atoms with Crippen LogP contribution in [0.1, 0.15) is 12.8 Å². The van der Waals surface area contributed by atoms with Crippen LogP contribution in [0.3, 0.4) is 0 Å². The Labute approximate surface area is 128 Å². The smallest absolute Gasteiger partial charge is 1.00 e. The predicted octanol–water partition coefficient (Wildman–Crippen LogP) is -2.72. The Morgan fingerprint density at radius 1 is 0.938 bits per heavy atom. The summed E-state index contributed by atoms with van der Waals surface area (Å²) in [6.45, 7) is 5.10. The number of hydrogen-bond acceptors (Lipinski definition) is 0. The topological polar surface area (TPSA) is 0 Å². The van der Waals surface area contributed by atoms with Gasteiger partial charge in [-0.05, 0) is 0 Å².